The molecule has 0 bridgehead atoms. The summed E-state index contributed by atoms with van der Waals surface area (Å²) in [5, 5.41) is 5.26. The van der Waals surface area contributed by atoms with Gasteiger partial charge in [0.25, 0.3) is 0 Å². The van der Waals surface area contributed by atoms with Crippen LogP contribution in [0.4, 0.5) is 11.6 Å². The SMILES string of the molecule is Cc1sc2nc(NC3CC3)nc(-c3ccc(Cl)c(Cl)c3)c2c1N. The first kappa shape index (κ1) is 15.0. The van der Waals surface area contributed by atoms with Crippen molar-refractivity contribution in [3.63, 3.8) is 0 Å². The van der Waals surface area contributed by atoms with E-state index in [1.165, 1.54) is 0 Å². The van der Waals surface area contributed by atoms with Crippen molar-refractivity contribution in [3.05, 3.63) is 33.1 Å². The third kappa shape index (κ3) is 2.73. The van der Waals surface area contributed by atoms with Gasteiger partial charge in [0.05, 0.1) is 26.8 Å². The van der Waals surface area contributed by atoms with Crippen LogP contribution in [-0.2, 0) is 0 Å². The molecule has 4 nitrogen and oxygen atoms in total. The Labute approximate surface area is 147 Å². The fraction of sp³-hybridized carbons (Fsp3) is 0.250. The summed E-state index contributed by atoms with van der Waals surface area (Å²) in [5.74, 6) is 0.641. The second-order valence-corrected chi connectivity index (χ2v) is 7.71. The van der Waals surface area contributed by atoms with E-state index in [-0.39, 0.29) is 0 Å². The lowest BCUT2D eigenvalue weighted by molar-refractivity contribution is 1.08. The van der Waals surface area contributed by atoms with Crippen molar-refractivity contribution in [2.24, 2.45) is 0 Å². The van der Waals surface area contributed by atoms with Crippen LogP contribution in [0.15, 0.2) is 18.2 Å². The Morgan fingerprint density at radius 2 is 2.00 bits per heavy atom. The molecule has 1 saturated carbocycles. The second kappa shape index (κ2) is 5.51. The summed E-state index contributed by atoms with van der Waals surface area (Å²) >= 11 is 13.8. The molecule has 3 N–H and O–H groups in total. The number of benzene rings is 1. The van der Waals surface area contributed by atoms with Crippen LogP contribution in [0.3, 0.4) is 0 Å². The lowest BCUT2D eigenvalue weighted by Gasteiger charge is -2.09. The van der Waals surface area contributed by atoms with Gasteiger partial charge in [-0.2, -0.15) is 0 Å². The van der Waals surface area contributed by atoms with Gasteiger partial charge in [0.2, 0.25) is 5.95 Å². The summed E-state index contributed by atoms with van der Waals surface area (Å²) < 4.78 is 0. The van der Waals surface area contributed by atoms with Gasteiger partial charge in [-0.25, -0.2) is 9.97 Å². The van der Waals surface area contributed by atoms with Crippen LogP contribution in [0.5, 0.6) is 0 Å². The van der Waals surface area contributed by atoms with Crippen molar-refractivity contribution >= 4 is 56.4 Å². The molecule has 23 heavy (non-hydrogen) atoms. The molecule has 1 fully saturated rings. The molecule has 118 valence electrons. The number of anilines is 2. The molecule has 0 radical (unpaired) electrons. The molecular formula is C16H14Cl2N4S. The van der Waals surface area contributed by atoms with Crippen molar-refractivity contribution in [2.45, 2.75) is 25.8 Å². The number of nitrogens with two attached hydrogens (primary N) is 1. The molecule has 2 heterocycles. The van der Waals surface area contributed by atoms with E-state index in [0.29, 0.717) is 22.0 Å². The number of rotatable bonds is 3. The fourth-order valence-electron chi connectivity index (χ4n) is 2.46. The molecule has 0 spiro atoms. The van der Waals surface area contributed by atoms with Crippen LogP contribution in [0.1, 0.15) is 17.7 Å². The first-order chi connectivity index (χ1) is 11.0. The number of nitrogens with zero attached hydrogens (tertiary/aromatic N) is 2. The maximum absolute atomic E-state index is 6.26. The molecule has 1 aliphatic rings. The summed E-state index contributed by atoms with van der Waals surface area (Å²) in [7, 11) is 0. The molecule has 4 rings (SSSR count). The highest BCUT2D eigenvalue weighted by Crippen LogP contribution is 2.40. The van der Waals surface area contributed by atoms with Gasteiger partial charge in [-0.3, -0.25) is 0 Å². The van der Waals surface area contributed by atoms with E-state index in [9.17, 15) is 0 Å². The normalized spacial score (nSPS) is 14.4. The van der Waals surface area contributed by atoms with Crippen LogP contribution >= 0.6 is 34.5 Å². The second-order valence-electron chi connectivity index (χ2n) is 5.70. The van der Waals surface area contributed by atoms with Gasteiger partial charge in [0.15, 0.2) is 0 Å². The maximum atomic E-state index is 6.26. The zero-order valence-corrected chi connectivity index (χ0v) is 14.7. The Bertz CT molecular complexity index is 918. The number of hydrogen-bond acceptors (Lipinski definition) is 5. The van der Waals surface area contributed by atoms with Gasteiger partial charge < -0.3 is 11.1 Å². The molecule has 0 unspecified atom stereocenters. The van der Waals surface area contributed by atoms with Crippen LogP contribution in [0.2, 0.25) is 10.0 Å². The van der Waals surface area contributed by atoms with Gasteiger partial charge in [0.1, 0.15) is 4.83 Å². The van der Waals surface area contributed by atoms with E-state index in [2.05, 4.69) is 10.3 Å². The number of aryl methyl sites for hydroxylation is 1. The standard InChI is InChI=1S/C16H14Cl2N4S/c1-7-13(19)12-14(8-2-5-10(17)11(18)6-8)21-16(20-9-3-4-9)22-15(12)23-7/h2,5-6,9H,3-4,19H2,1H3,(H,20,21,22). The van der Waals surface area contributed by atoms with E-state index in [1.807, 2.05) is 19.1 Å². The van der Waals surface area contributed by atoms with Crippen LogP contribution in [-0.4, -0.2) is 16.0 Å². The topological polar surface area (TPSA) is 63.8 Å². The predicted molar refractivity (Wildman–Crippen MR) is 98.7 cm³/mol. The largest absolute Gasteiger partial charge is 0.397 e. The van der Waals surface area contributed by atoms with Crippen molar-refractivity contribution in [3.8, 4) is 11.3 Å². The van der Waals surface area contributed by atoms with Crippen LogP contribution in [0.25, 0.3) is 21.5 Å². The van der Waals surface area contributed by atoms with Crippen molar-refractivity contribution in [1.82, 2.24) is 9.97 Å². The zero-order valence-electron chi connectivity index (χ0n) is 12.4. The Morgan fingerprint density at radius 1 is 1.22 bits per heavy atom. The molecule has 0 amide bonds. The van der Waals surface area contributed by atoms with Gasteiger partial charge in [0, 0.05) is 16.5 Å². The number of nitrogen functional groups attached to an aromatic ring is 1. The minimum atomic E-state index is 0.479. The lowest BCUT2D eigenvalue weighted by Crippen LogP contribution is -2.06. The summed E-state index contributed by atoms with van der Waals surface area (Å²) in [6.45, 7) is 1.99. The lowest BCUT2D eigenvalue weighted by atomic mass is 10.1. The number of aromatic nitrogens is 2. The van der Waals surface area contributed by atoms with Crippen LogP contribution < -0.4 is 11.1 Å². The Kier molecular flexibility index (Phi) is 3.59. The van der Waals surface area contributed by atoms with E-state index >= 15 is 0 Å². The van der Waals surface area contributed by atoms with E-state index in [1.54, 1.807) is 17.4 Å². The molecule has 1 aliphatic carbocycles. The molecule has 1 aromatic carbocycles. The summed E-state index contributed by atoms with van der Waals surface area (Å²) in [5.41, 5.74) is 8.66. The Balaban J connectivity index is 1.95. The highest BCUT2D eigenvalue weighted by molar-refractivity contribution is 7.19. The number of fused-ring (bicyclic) bond motifs is 1. The number of halogens is 2. The van der Waals surface area contributed by atoms with Crippen molar-refractivity contribution < 1.29 is 0 Å². The maximum Gasteiger partial charge on any atom is 0.224 e. The monoisotopic (exact) mass is 364 g/mol. The molecule has 0 aliphatic heterocycles. The van der Waals surface area contributed by atoms with E-state index in [0.717, 1.165) is 44.9 Å². The van der Waals surface area contributed by atoms with Gasteiger partial charge >= 0.3 is 0 Å². The summed E-state index contributed by atoms with van der Waals surface area (Å²) in [6.07, 6.45) is 2.32. The van der Waals surface area contributed by atoms with Gasteiger partial charge in [-0.1, -0.05) is 29.3 Å². The van der Waals surface area contributed by atoms with E-state index in [4.69, 9.17) is 33.9 Å². The third-order valence-corrected chi connectivity index (χ3v) is 5.63. The highest BCUT2D eigenvalue weighted by atomic mass is 35.5. The smallest absolute Gasteiger partial charge is 0.224 e. The Morgan fingerprint density at radius 3 is 2.70 bits per heavy atom. The summed E-state index contributed by atoms with van der Waals surface area (Å²) in [6, 6.07) is 5.98. The highest BCUT2D eigenvalue weighted by Gasteiger charge is 2.24. The Hall–Kier alpha value is -1.56. The third-order valence-electron chi connectivity index (χ3n) is 3.88. The summed E-state index contributed by atoms with van der Waals surface area (Å²) in [4.78, 5) is 11.2. The average Bonchev–Trinajstić information content (AvgIpc) is 3.28. The zero-order chi connectivity index (χ0) is 16.1. The fourth-order valence-corrected chi connectivity index (χ4v) is 3.70. The average molecular weight is 365 g/mol. The molecular weight excluding hydrogens is 351 g/mol. The van der Waals surface area contributed by atoms with Gasteiger partial charge in [-0.05, 0) is 31.9 Å². The van der Waals surface area contributed by atoms with Crippen molar-refractivity contribution in [2.75, 3.05) is 11.1 Å². The molecule has 0 atom stereocenters. The van der Waals surface area contributed by atoms with Crippen LogP contribution in [0, 0.1) is 6.92 Å². The first-order valence-electron chi connectivity index (χ1n) is 7.31. The predicted octanol–water partition coefficient (Wildman–Crippen LogP) is 5.13. The van der Waals surface area contributed by atoms with Gasteiger partial charge in [-0.15, -0.1) is 11.3 Å². The quantitative estimate of drug-likeness (QED) is 0.675. The van der Waals surface area contributed by atoms with Crippen molar-refractivity contribution in [1.29, 1.82) is 0 Å². The molecule has 0 saturated heterocycles. The minimum Gasteiger partial charge on any atom is -0.397 e. The number of thiophene rings is 1. The number of hydrogen-bond donors (Lipinski definition) is 2. The molecule has 7 heteroatoms. The first-order valence-corrected chi connectivity index (χ1v) is 8.88. The van der Waals surface area contributed by atoms with E-state index < -0.39 is 0 Å². The minimum absolute atomic E-state index is 0.479. The molecule has 2 aromatic heterocycles. The number of nitrogens with one attached hydrogen (secondary N) is 1. The molecule has 3 aromatic rings.